The molecule has 2 amide bonds. The minimum atomic E-state index is -1.30. The summed E-state index contributed by atoms with van der Waals surface area (Å²) in [6, 6.07) is 2.86. The molecule has 3 rings (SSSR count). The summed E-state index contributed by atoms with van der Waals surface area (Å²) in [5, 5.41) is 3.33. The zero-order valence-electron chi connectivity index (χ0n) is 18.8. The molecule has 0 bridgehead atoms. The fourth-order valence-corrected chi connectivity index (χ4v) is 5.04. The summed E-state index contributed by atoms with van der Waals surface area (Å²) >= 11 is 0. The third-order valence-corrected chi connectivity index (χ3v) is 6.30. The summed E-state index contributed by atoms with van der Waals surface area (Å²) in [6.45, 7) is 3.92. The summed E-state index contributed by atoms with van der Waals surface area (Å²) in [7, 11) is 5.81. The van der Waals surface area contributed by atoms with Gasteiger partial charge in [0.15, 0.2) is 11.5 Å². The summed E-state index contributed by atoms with van der Waals surface area (Å²) < 4.78 is 21.4. The van der Waals surface area contributed by atoms with E-state index in [0.717, 1.165) is 0 Å². The number of imide groups is 1. The van der Waals surface area contributed by atoms with E-state index in [1.807, 2.05) is 6.92 Å². The third kappa shape index (κ3) is 3.31. The largest absolute Gasteiger partial charge is 0.493 e. The van der Waals surface area contributed by atoms with E-state index in [-0.39, 0.29) is 18.4 Å². The maximum atomic E-state index is 13.3. The summed E-state index contributed by atoms with van der Waals surface area (Å²) in [4.78, 5) is 40.8. The highest BCUT2D eigenvalue weighted by Gasteiger charge is 2.68. The number of hydrogen-bond acceptors (Lipinski definition) is 8. The number of rotatable bonds is 8. The SMILES string of the molecule is CCC[C@@]1(C(=O)OC)N[C@@H](c2cc(OC)c(OC)c(OC)c2)[C@H]2C(=O)N(CC)C(=O)[C@H]21. The van der Waals surface area contributed by atoms with E-state index < -0.39 is 29.4 Å². The number of benzene rings is 1. The van der Waals surface area contributed by atoms with Crippen molar-refractivity contribution < 1.29 is 33.3 Å². The number of carbonyl (C=O) groups excluding carboxylic acids is 3. The van der Waals surface area contributed by atoms with E-state index in [1.54, 1.807) is 19.1 Å². The fraction of sp³-hybridized carbons (Fsp3) is 0.591. The van der Waals surface area contributed by atoms with Crippen LogP contribution in [-0.2, 0) is 19.1 Å². The van der Waals surface area contributed by atoms with Crippen LogP contribution < -0.4 is 19.5 Å². The lowest BCUT2D eigenvalue weighted by atomic mass is 9.77. The van der Waals surface area contributed by atoms with Crippen molar-refractivity contribution in [3.8, 4) is 17.2 Å². The molecular weight excluding hydrogens is 404 g/mol. The molecule has 2 aliphatic rings. The molecule has 0 aromatic heterocycles. The molecule has 2 fully saturated rings. The molecule has 1 aromatic carbocycles. The molecule has 0 unspecified atom stereocenters. The second-order valence-electron chi connectivity index (χ2n) is 7.72. The number of ether oxygens (including phenoxy) is 4. The van der Waals surface area contributed by atoms with Crippen molar-refractivity contribution in [2.24, 2.45) is 11.8 Å². The topological polar surface area (TPSA) is 103 Å². The highest BCUT2D eigenvalue weighted by atomic mass is 16.5. The zero-order chi connectivity index (χ0) is 22.9. The fourth-order valence-electron chi connectivity index (χ4n) is 5.04. The standard InChI is InChI=1S/C22H30N2O7/c1-7-9-22(21(27)31-6)16-15(19(25)24(8-2)20(16)26)17(23-22)12-10-13(28-3)18(30-5)14(11-12)29-4/h10-11,15-17,23H,7-9H2,1-6H3/t15-,16-,17-,22+/m0/s1. The van der Waals surface area contributed by atoms with Crippen LogP contribution in [0.15, 0.2) is 12.1 Å². The van der Waals surface area contributed by atoms with E-state index in [4.69, 9.17) is 18.9 Å². The number of nitrogens with one attached hydrogen (secondary N) is 1. The summed E-state index contributed by atoms with van der Waals surface area (Å²) in [6.07, 6.45) is 0.985. The number of fused-ring (bicyclic) bond motifs is 1. The Hall–Kier alpha value is -2.81. The number of hydrogen-bond donors (Lipinski definition) is 1. The molecule has 1 N–H and O–H groups in total. The van der Waals surface area contributed by atoms with Crippen molar-refractivity contribution >= 4 is 17.8 Å². The molecule has 0 radical (unpaired) electrons. The van der Waals surface area contributed by atoms with Gasteiger partial charge in [-0.15, -0.1) is 0 Å². The molecule has 170 valence electrons. The number of esters is 1. The van der Waals surface area contributed by atoms with Gasteiger partial charge in [-0.2, -0.15) is 0 Å². The van der Waals surface area contributed by atoms with Gasteiger partial charge in [0.1, 0.15) is 5.54 Å². The molecular formula is C22H30N2O7. The quantitative estimate of drug-likeness (QED) is 0.487. The van der Waals surface area contributed by atoms with E-state index in [0.29, 0.717) is 35.7 Å². The molecule has 2 heterocycles. The number of amides is 2. The molecule has 4 atom stereocenters. The van der Waals surface area contributed by atoms with Gasteiger partial charge in [0.2, 0.25) is 17.6 Å². The monoisotopic (exact) mass is 434 g/mol. The average Bonchev–Trinajstić information content (AvgIpc) is 3.26. The van der Waals surface area contributed by atoms with Crippen LogP contribution in [0.25, 0.3) is 0 Å². The van der Waals surface area contributed by atoms with Crippen LogP contribution in [-0.4, -0.2) is 63.2 Å². The molecule has 1 aromatic rings. The van der Waals surface area contributed by atoms with Gasteiger partial charge >= 0.3 is 5.97 Å². The van der Waals surface area contributed by atoms with Gasteiger partial charge in [0, 0.05) is 12.6 Å². The number of carbonyl (C=O) groups is 3. The highest BCUT2D eigenvalue weighted by Crippen LogP contribution is 2.52. The Kier molecular flexibility index (Phi) is 6.45. The lowest BCUT2D eigenvalue weighted by molar-refractivity contribution is -0.154. The number of nitrogens with zero attached hydrogens (tertiary/aromatic N) is 1. The predicted octanol–water partition coefficient (Wildman–Crippen LogP) is 1.69. The van der Waals surface area contributed by atoms with Crippen LogP contribution in [0.2, 0.25) is 0 Å². The van der Waals surface area contributed by atoms with Gasteiger partial charge < -0.3 is 18.9 Å². The van der Waals surface area contributed by atoms with Gasteiger partial charge in [0.05, 0.1) is 40.3 Å². The second-order valence-corrected chi connectivity index (χ2v) is 7.72. The zero-order valence-corrected chi connectivity index (χ0v) is 18.8. The lowest BCUT2D eigenvalue weighted by Gasteiger charge is -2.32. The smallest absolute Gasteiger partial charge is 0.326 e. The second kappa shape index (κ2) is 8.74. The average molecular weight is 434 g/mol. The van der Waals surface area contributed by atoms with E-state index in [9.17, 15) is 14.4 Å². The molecule has 0 spiro atoms. The maximum absolute atomic E-state index is 13.3. The Morgan fingerprint density at radius 2 is 1.65 bits per heavy atom. The van der Waals surface area contributed by atoms with Crippen LogP contribution in [0, 0.1) is 11.8 Å². The van der Waals surface area contributed by atoms with Gasteiger partial charge in [-0.3, -0.25) is 24.6 Å². The number of methoxy groups -OCH3 is 4. The lowest BCUT2D eigenvalue weighted by Crippen LogP contribution is -2.56. The van der Waals surface area contributed by atoms with Crippen molar-refractivity contribution in [2.45, 2.75) is 38.3 Å². The van der Waals surface area contributed by atoms with Crippen molar-refractivity contribution in [2.75, 3.05) is 35.0 Å². The van der Waals surface area contributed by atoms with Crippen LogP contribution >= 0.6 is 0 Å². The normalized spacial score (nSPS) is 27.3. The number of likely N-dealkylation sites (tertiary alicyclic amines) is 1. The Labute approximate surface area is 182 Å². The van der Waals surface area contributed by atoms with Gasteiger partial charge in [-0.25, -0.2) is 0 Å². The summed E-state index contributed by atoms with van der Waals surface area (Å²) in [5.41, 5.74) is -0.638. The van der Waals surface area contributed by atoms with Gasteiger partial charge in [0.25, 0.3) is 0 Å². The minimum Gasteiger partial charge on any atom is -0.493 e. The first kappa shape index (κ1) is 22.9. The molecule has 0 aliphatic carbocycles. The molecule has 31 heavy (non-hydrogen) atoms. The van der Waals surface area contributed by atoms with Crippen molar-refractivity contribution in [3.05, 3.63) is 17.7 Å². The first-order chi connectivity index (χ1) is 14.8. The first-order valence-electron chi connectivity index (χ1n) is 10.4. The first-order valence-corrected chi connectivity index (χ1v) is 10.4. The van der Waals surface area contributed by atoms with E-state index in [1.165, 1.54) is 33.3 Å². The minimum absolute atomic E-state index is 0.246. The highest BCUT2D eigenvalue weighted by molar-refractivity contribution is 6.09. The maximum Gasteiger partial charge on any atom is 0.326 e. The van der Waals surface area contributed by atoms with Crippen molar-refractivity contribution in [1.29, 1.82) is 0 Å². The Morgan fingerprint density at radius 1 is 1.03 bits per heavy atom. The Bertz CT molecular complexity index is 862. The Morgan fingerprint density at radius 3 is 2.10 bits per heavy atom. The van der Waals surface area contributed by atoms with Gasteiger partial charge in [-0.05, 0) is 31.0 Å². The molecule has 2 saturated heterocycles. The van der Waals surface area contributed by atoms with Crippen molar-refractivity contribution in [3.63, 3.8) is 0 Å². The van der Waals surface area contributed by atoms with E-state index in [2.05, 4.69) is 5.32 Å². The molecule has 9 nitrogen and oxygen atoms in total. The molecule has 0 saturated carbocycles. The predicted molar refractivity (Wildman–Crippen MR) is 111 cm³/mol. The molecule has 2 aliphatic heterocycles. The third-order valence-electron chi connectivity index (χ3n) is 6.30. The Balaban J connectivity index is 2.21. The van der Waals surface area contributed by atoms with Gasteiger partial charge in [-0.1, -0.05) is 13.3 Å². The summed E-state index contributed by atoms with van der Waals surface area (Å²) in [5.74, 6) is -1.53. The van der Waals surface area contributed by atoms with Crippen LogP contribution in [0.1, 0.15) is 38.3 Å². The van der Waals surface area contributed by atoms with Crippen LogP contribution in [0.3, 0.4) is 0 Å². The van der Waals surface area contributed by atoms with Crippen LogP contribution in [0.4, 0.5) is 0 Å². The van der Waals surface area contributed by atoms with Crippen molar-refractivity contribution in [1.82, 2.24) is 10.2 Å². The molecule has 9 heteroatoms. The van der Waals surface area contributed by atoms with Crippen LogP contribution in [0.5, 0.6) is 17.2 Å². The van der Waals surface area contributed by atoms with E-state index >= 15 is 0 Å².